The maximum Gasteiger partial charge on any atom is 0.191 e. The fraction of sp³-hybridized carbons (Fsp3) is 0.588. The fourth-order valence-electron chi connectivity index (χ4n) is 2.06. The summed E-state index contributed by atoms with van der Waals surface area (Å²) in [5, 5.41) is 6.46. The molecule has 0 atom stereocenters. The number of nitrogens with zero attached hydrogens (tertiary/aromatic N) is 1. The summed E-state index contributed by atoms with van der Waals surface area (Å²) in [6, 6.07) is 6.24. The van der Waals surface area contributed by atoms with Crippen molar-refractivity contribution in [2.75, 3.05) is 39.5 Å². The van der Waals surface area contributed by atoms with Gasteiger partial charge in [0.2, 0.25) is 0 Å². The molecule has 1 aromatic carbocycles. The van der Waals surface area contributed by atoms with Gasteiger partial charge in [-0.2, -0.15) is 0 Å². The number of guanidine groups is 1. The Labute approximate surface area is 157 Å². The molecule has 132 valence electrons. The van der Waals surface area contributed by atoms with Crippen molar-refractivity contribution in [1.29, 1.82) is 0 Å². The molecule has 0 saturated heterocycles. The van der Waals surface area contributed by atoms with Crippen LogP contribution in [0.4, 0.5) is 0 Å². The van der Waals surface area contributed by atoms with Gasteiger partial charge in [0.25, 0.3) is 0 Å². The molecule has 6 heteroatoms. The summed E-state index contributed by atoms with van der Waals surface area (Å²) in [5.41, 5.74) is 2.43. The lowest BCUT2D eigenvalue weighted by molar-refractivity contribution is 0.155. The SMILES string of the molecule is CCNC(=NCCOCC)NCCOc1cc(C)cc(C)c1.I. The minimum Gasteiger partial charge on any atom is -0.492 e. The predicted molar refractivity (Wildman–Crippen MR) is 107 cm³/mol. The zero-order valence-corrected chi connectivity index (χ0v) is 17.0. The Balaban J connectivity index is 0.00000484. The van der Waals surface area contributed by atoms with Gasteiger partial charge in [0, 0.05) is 13.2 Å². The molecule has 1 rings (SSSR count). The lowest BCUT2D eigenvalue weighted by Gasteiger charge is -2.12. The zero-order valence-electron chi connectivity index (χ0n) is 14.6. The summed E-state index contributed by atoms with van der Waals surface area (Å²) in [4.78, 5) is 4.44. The van der Waals surface area contributed by atoms with Crippen LogP contribution in [0, 0.1) is 13.8 Å². The molecular formula is C17H30IN3O2. The van der Waals surface area contributed by atoms with Crippen LogP contribution < -0.4 is 15.4 Å². The summed E-state index contributed by atoms with van der Waals surface area (Å²) >= 11 is 0. The van der Waals surface area contributed by atoms with E-state index < -0.39 is 0 Å². The molecule has 0 saturated carbocycles. The number of aliphatic imine (C=N–C) groups is 1. The van der Waals surface area contributed by atoms with Gasteiger partial charge in [0.05, 0.1) is 19.7 Å². The second-order valence-corrected chi connectivity index (χ2v) is 5.06. The number of benzene rings is 1. The molecule has 0 aliphatic carbocycles. The highest BCUT2D eigenvalue weighted by Crippen LogP contribution is 2.15. The van der Waals surface area contributed by atoms with E-state index in [-0.39, 0.29) is 24.0 Å². The van der Waals surface area contributed by atoms with E-state index in [1.807, 2.05) is 26.0 Å². The number of hydrogen-bond donors (Lipinski definition) is 2. The summed E-state index contributed by atoms with van der Waals surface area (Å²) in [5.74, 6) is 1.71. The number of aryl methyl sites for hydroxylation is 2. The smallest absolute Gasteiger partial charge is 0.191 e. The van der Waals surface area contributed by atoms with Crippen molar-refractivity contribution in [2.24, 2.45) is 4.99 Å². The van der Waals surface area contributed by atoms with E-state index >= 15 is 0 Å². The lowest BCUT2D eigenvalue weighted by Crippen LogP contribution is -2.39. The van der Waals surface area contributed by atoms with Crippen molar-refractivity contribution >= 4 is 29.9 Å². The first-order valence-corrected chi connectivity index (χ1v) is 7.96. The molecule has 5 nitrogen and oxygen atoms in total. The summed E-state index contributed by atoms with van der Waals surface area (Å²) < 4.78 is 11.0. The first-order valence-electron chi connectivity index (χ1n) is 7.96. The largest absolute Gasteiger partial charge is 0.492 e. The van der Waals surface area contributed by atoms with Crippen LogP contribution in [-0.4, -0.2) is 45.4 Å². The Kier molecular flexibility index (Phi) is 12.8. The number of halogens is 1. The van der Waals surface area contributed by atoms with E-state index in [1.165, 1.54) is 11.1 Å². The van der Waals surface area contributed by atoms with Crippen LogP contribution in [0.25, 0.3) is 0 Å². The van der Waals surface area contributed by atoms with E-state index in [9.17, 15) is 0 Å². The molecular weight excluding hydrogens is 405 g/mol. The summed E-state index contributed by atoms with van der Waals surface area (Å²) in [6.07, 6.45) is 0. The van der Waals surface area contributed by atoms with Crippen LogP contribution in [0.5, 0.6) is 5.75 Å². The third kappa shape index (κ3) is 10.4. The minimum atomic E-state index is 0. The van der Waals surface area contributed by atoms with Crippen molar-refractivity contribution in [2.45, 2.75) is 27.7 Å². The Morgan fingerprint density at radius 3 is 2.35 bits per heavy atom. The first-order chi connectivity index (χ1) is 10.7. The van der Waals surface area contributed by atoms with Gasteiger partial charge >= 0.3 is 0 Å². The van der Waals surface area contributed by atoms with Crippen LogP contribution in [0.15, 0.2) is 23.2 Å². The molecule has 0 unspecified atom stereocenters. The topological polar surface area (TPSA) is 54.9 Å². The average molecular weight is 435 g/mol. The highest BCUT2D eigenvalue weighted by Gasteiger charge is 1.99. The van der Waals surface area contributed by atoms with Gasteiger partial charge in [-0.15, -0.1) is 24.0 Å². The summed E-state index contributed by atoms with van der Waals surface area (Å²) in [7, 11) is 0. The molecule has 0 aliphatic rings. The normalized spacial score (nSPS) is 10.9. The van der Waals surface area contributed by atoms with Crippen molar-refractivity contribution in [3.8, 4) is 5.75 Å². The van der Waals surface area contributed by atoms with E-state index in [2.05, 4.69) is 35.5 Å². The number of nitrogens with one attached hydrogen (secondary N) is 2. The third-order valence-corrected chi connectivity index (χ3v) is 2.91. The second kappa shape index (κ2) is 13.4. The van der Waals surface area contributed by atoms with E-state index in [0.717, 1.165) is 24.9 Å². The molecule has 0 bridgehead atoms. The molecule has 0 heterocycles. The molecule has 23 heavy (non-hydrogen) atoms. The maximum absolute atomic E-state index is 5.77. The Bertz CT molecular complexity index is 447. The Morgan fingerprint density at radius 1 is 1.04 bits per heavy atom. The average Bonchev–Trinajstić information content (AvgIpc) is 2.47. The molecule has 0 spiro atoms. The standard InChI is InChI=1S/C17H29N3O2.HI/c1-5-18-17(19-7-9-21-6-2)20-8-10-22-16-12-14(3)11-15(4)13-16;/h11-13H,5-10H2,1-4H3,(H2,18,19,20);1H. The van der Waals surface area contributed by atoms with Crippen LogP contribution >= 0.6 is 24.0 Å². The van der Waals surface area contributed by atoms with Crippen molar-refractivity contribution in [3.63, 3.8) is 0 Å². The summed E-state index contributed by atoms with van der Waals surface area (Å²) in [6.45, 7) is 12.3. The minimum absolute atomic E-state index is 0. The zero-order chi connectivity index (χ0) is 16.2. The van der Waals surface area contributed by atoms with Crippen molar-refractivity contribution in [3.05, 3.63) is 29.3 Å². The van der Waals surface area contributed by atoms with Gasteiger partial charge in [-0.3, -0.25) is 4.99 Å². The third-order valence-electron chi connectivity index (χ3n) is 2.91. The fourth-order valence-corrected chi connectivity index (χ4v) is 2.06. The van der Waals surface area contributed by atoms with Crippen LogP contribution in [-0.2, 0) is 4.74 Å². The predicted octanol–water partition coefficient (Wildman–Crippen LogP) is 2.89. The highest BCUT2D eigenvalue weighted by atomic mass is 127. The van der Waals surface area contributed by atoms with Gasteiger partial charge in [-0.05, 0) is 51.0 Å². The van der Waals surface area contributed by atoms with Gasteiger partial charge in [0.15, 0.2) is 5.96 Å². The molecule has 1 aromatic rings. The van der Waals surface area contributed by atoms with Crippen LogP contribution in [0.1, 0.15) is 25.0 Å². The number of rotatable bonds is 9. The van der Waals surface area contributed by atoms with E-state index in [0.29, 0.717) is 26.3 Å². The number of hydrogen-bond acceptors (Lipinski definition) is 3. The van der Waals surface area contributed by atoms with Gasteiger partial charge in [-0.1, -0.05) is 6.07 Å². The monoisotopic (exact) mass is 435 g/mol. The molecule has 0 radical (unpaired) electrons. The first kappa shape index (κ1) is 22.0. The lowest BCUT2D eigenvalue weighted by atomic mass is 10.1. The Morgan fingerprint density at radius 2 is 1.74 bits per heavy atom. The molecule has 2 N–H and O–H groups in total. The van der Waals surface area contributed by atoms with Crippen molar-refractivity contribution in [1.82, 2.24) is 10.6 Å². The number of ether oxygens (including phenoxy) is 2. The molecule has 0 aromatic heterocycles. The van der Waals surface area contributed by atoms with E-state index in [1.54, 1.807) is 0 Å². The maximum atomic E-state index is 5.77. The molecule has 0 aliphatic heterocycles. The quantitative estimate of drug-likeness (QED) is 0.271. The second-order valence-electron chi connectivity index (χ2n) is 5.06. The molecule has 0 fully saturated rings. The van der Waals surface area contributed by atoms with Crippen LogP contribution in [0.2, 0.25) is 0 Å². The van der Waals surface area contributed by atoms with Gasteiger partial charge in [-0.25, -0.2) is 0 Å². The van der Waals surface area contributed by atoms with E-state index in [4.69, 9.17) is 9.47 Å². The van der Waals surface area contributed by atoms with Gasteiger partial charge in [0.1, 0.15) is 12.4 Å². The van der Waals surface area contributed by atoms with Crippen molar-refractivity contribution < 1.29 is 9.47 Å². The van der Waals surface area contributed by atoms with Crippen LogP contribution in [0.3, 0.4) is 0 Å². The Hall–Kier alpha value is -1.02. The molecule has 0 amide bonds. The van der Waals surface area contributed by atoms with Gasteiger partial charge < -0.3 is 20.1 Å². The highest BCUT2D eigenvalue weighted by molar-refractivity contribution is 14.0.